The fraction of sp³-hybridized carbons (Fsp3) is 0.571. The van der Waals surface area contributed by atoms with E-state index in [-0.39, 0.29) is 5.84 Å². The number of nitrogens with two attached hydrogens (primary N) is 1. The molecule has 4 N–H and O–H groups in total. The van der Waals surface area contributed by atoms with E-state index in [1.54, 1.807) is 0 Å². The number of piperidine rings is 1. The number of aromatic nitrogens is 1. The summed E-state index contributed by atoms with van der Waals surface area (Å²) in [6.45, 7) is 7.25. The summed E-state index contributed by atoms with van der Waals surface area (Å²) in [5, 5.41) is 17.8. The molecule has 0 amide bonds. The summed E-state index contributed by atoms with van der Waals surface area (Å²) in [5.74, 6) is 0.0531. The van der Waals surface area contributed by atoms with Gasteiger partial charge in [-0.05, 0) is 39.7 Å². The maximum atomic E-state index is 10.0. The van der Waals surface area contributed by atoms with Gasteiger partial charge in [0.05, 0.1) is 22.5 Å². The molecule has 0 aromatic carbocycles. The first kappa shape index (κ1) is 13.8. The van der Waals surface area contributed by atoms with Crippen LogP contribution in [-0.4, -0.2) is 34.6 Å². The first-order valence-corrected chi connectivity index (χ1v) is 6.60. The van der Waals surface area contributed by atoms with Crippen LogP contribution in [0.4, 0.5) is 5.69 Å². The van der Waals surface area contributed by atoms with Gasteiger partial charge in [0, 0.05) is 18.8 Å². The molecular weight excluding hydrogens is 240 g/mol. The smallest absolute Gasteiger partial charge is 0.126 e. The second kappa shape index (κ2) is 4.81. The summed E-state index contributed by atoms with van der Waals surface area (Å²) < 4.78 is 0. The van der Waals surface area contributed by atoms with Crippen molar-refractivity contribution in [2.45, 2.75) is 39.2 Å². The summed E-state index contributed by atoms with van der Waals surface area (Å²) in [4.78, 5) is 6.57. The molecule has 5 heteroatoms. The van der Waals surface area contributed by atoms with Crippen LogP contribution in [0.1, 0.15) is 36.7 Å². The predicted octanol–water partition coefficient (Wildman–Crippen LogP) is 1.33. The molecule has 0 radical (unpaired) electrons. The molecule has 0 aliphatic carbocycles. The molecule has 0 atom stereocenters. The summed E-state index contributed by atoms with van der Waals surface area (Å²) in [7, 11) is 0. The average molecular weight is 262 g/mol. The van der Waals surface area contributed by atoms with Crippen molar-refractivity contribution in [3.63, 3.8) is 0 Å². The van der Waals surface area contributed by atoms with Crippen LogP contribution in [0.15, 0.2) is 6.07 Å². The van der Waals surface area contributed by atoms with Crippen molar-refractivity contribution < 1.29 is 5.11 Å². The van der Waals surface area contributed by atoms with Gasteiger partial charge < -0.3 is 15.7 Å². The Balaban J connectivity index is 2.37. The van der Waals surface area contributed by atoms with Gasteiger partial charge in [0.2, 0.25) is 0 Å². The number of hydrogen-bond donors (Lipinski definition) is 3. The minimum Gasteiger partial charge on any atom is -0.390 e. The number of aliphatic hydroxyl groups is 1. The third-order valence-electron chi connectivity index (χ3n) is 3.76. The molecule has 1 aliphatic heterocycles. The Bertz CT molecular complexity index is 500. The fourth-order valence-electron chi connectivity index (χ4n) is 2.62. The Labute approximate surface area is 114 Å². The highest BCUT2D eigenvalue weighted by atomic mass is 16.3. The van der Waals surface area contributed by atoms with Gasteiger partial charge in [0.25, 0.3) is 0 Å². The minimum absolute atomic E-state index is 0.0531. The lowest BCUT2D eigenvalue weighted by molar-refractivity contribution is 0.0351. The molecule has 1 aromatic heterocycles. The van der Waals surface area contributed by atoms with E-state index >= 15 is 0 Å². The van der Waals surface area contributed by atoms with E-state index in [1.165, 1.54) is 0 Å². The predicted molar refractivity (Wildman–Crippen MR) is 76.8 cm³/mol. The van der Waals surface area contributed by atoms with Crippen molar-refractivity contribution in [2.75, 3.05) is 18.0 Å². The maximum Gasteiger partial charge on any atom is 0.126 e. The van der Waals surface area contributed by atoms with Gasteiger partial charge in [-0.1, -0.05) is 0 Å². The van der Waals surface area contributed by atoms with Crippen LogP contribution >= 0.6 is 0 Å². The number of amidine groups is 1. The summed E-state index contributed by atoms with van der Waals surface area (Å²) >= 11 is 0. The number of rotatable bonds is 2. The molecule has 0 unspecified atom stereocenters. The standard InChI is InChI=1S/C14H22N4O/c1-9-8-11(12(13(15)16)10(2)17-9)18-6-4-14(3,19)5-7-18/h8,19H,4-7H2,1-3H3,(H3,15,16). The van der Waals surface area contributed by atoms with E-state index in [2.05, 4.69) is 9.88 Å². The van der Waals surface area contributed by atoms with Gasteiger partial charge in [0.1, 0.15) is 5.84 Å². The van der Waals surface area contributed by atoms with Crippen LogP contribution in [-0.2, 0) is 0 Å². The van der Waals surface area contributed by atoms with E-state index in [0.717, 1.165) is 43.0 Å². The third kappa shape index (κ3) is 2.87. The monoisotopic (exact) mass is 262 g/mol. The summed E-state index contributed by atoms with van der Waals surface area (Å²) in [6, 6.07) is 1.98. The Morgan fingerprint density at radius 1 is 1.42 bits per heavy atom. The highest BCUT2D eigenvalue weighted by molar-refractivity contribution is 6.01. The molecule has 1 aliphatic rings. The summed E-state index contributed by atoms with van der Waals surface area (Å²) in [6.07, 6.45) is 1.45. The number of nitrogens with zero attached hydrogens (tertiary/aromatic N) is 2. The molecule has 2 heterocycles. The van der Waals surface area contributed by atoms with E-state index in [4.69, 9.17) is 11.1 Å². The third-order valence-corrected chi connectivity index (χ3v) is 3.76. The second-order valence-electron chi connectivity index (χ2n) is 5.64. The lowest BCUT2D eigenvalue weighted by Crippen LogP contribution is -2.43. The van der Waals surface area contributed by atoms with Gasteiger partial charge in [-0.15, -0.1) is 0 Å². The molecule has 0 bridgehead atoms. The van der Waals surface area contributed by atoms with Crippen molar-refractivity contribution in [3.05, 3.63) is 23.0 Å². The maximum absolute atomic E-state index is 10.0. The van der Waals surface area contributed by atoms with Crippen LogP contribution in [0.2, 0.25) is 0 Å². The van der Waals surface area contributed by atoms with Gasteiger partial charge in [-0.2, -0.15) is 0 Å². The highest BCUT2D eigenvalue weighted by Gasteiger charge is 2.29. The van der Waals surface area contributed by atoms with Crippen LogP contribution < -0.4 is 10.6 Å². The van der Waals surface area contributed by atoms with Gasteiger partial charge in [0.15, 0.2) is 0 Å². The first-order chi connectivity index (χ1) is 8.80. The molecule has 1 saturated heterocycles. The molecule has 19 heavy (non-hydrogen) atoms. The molecule has 104 valence electrons. The quantitative estimate of drug-likeness (QED) is 0.554. The van der Waals surface area contributed by atoms with E-state index in [1.807, 2.05) is 26.8 Å². The number of nitrogen functional groups attached to an aromatic ring is 1. The fourth-order valence-corrected chi connectivity index (χ4v) is 2.62. The number of nitrogens with one attached hydrogen (secondary N) is 1. The van der Waals surface area contributed by atoms with Gasteiger partial charge >= 0.3 is 0 Å². The molecule has 2 rings (SSSR count). The molecule has 1 aromatic rings. The largest absolute Gasteiger partial charge is 0.390 e. The van der Waals surface area contributed by atoms with Crippen molar-refractivity contribution in [1.29, 1.82) is 5.41 Å². The zero-order chi connectivity index (χ0) is 14.2. The number of aryl methyl sites for hydroxylation is 2. The Morgan fingerprint density at radius 3 is 2.53 bits per heavy atom. The Hall–Kier alpha value is -1.62. The minimum atomic E-state index is -0.579. The summed E-state index contributed by atoms with van der Waals surface area (Å²) in [5.41, 5.74) is 8.51. The Morgan fingerprint density at radius 2 is 2.00 bits per heavy atom. The second-order valence-corrected chi connectivity index (χ2v) is 5.64. The van der Waals surface area contributed by atoms with Crippen LogP contribution in [0.5, 0.6) is 0 Å². The zero-order valence-electron chi connectivity index (χ0n) is 11.8. The van der Waals surface area contributed by atoms with Gasteiger partial charge in [-0.3, -0.25) is 10.4 Å². The van der Waals surface area contributed by atoms with E-state index in [9.17, 15) is 5.11 Å². The number of hydrogen-bond acceptors (Lipinski definition) is 4. The molecule has 0 saturated carbocycles. The van der Waals surface area contributed by atoms with Gasteiger partial charge in [-0.25, -0.2) is 0 Å². The molecular formula is C14H22N4O. The molecule has 1 fully saturated rings. The zero-order valence-corrected chi connectivity index (χ0v) is 11.8. The number of anilines is 1. The van der Waals surface area contributed by atoms with E-state index in [0.29, 0.717) is 5.56 Å². The Kier molecular flexibility index (Phi) is 3.49. The molecule has 0 spiro atoms. The molecule has 5 nitrogen and oxygen atoms in total. The van der Waals surface area contributed by atoms with Crippen LogP contribution in [0.25, 0.3) is 0 Å². The highest BCUT2D eigenvalue weighted by Crippen LogP contribution is 2.29. The van der Waals surface area contributed by atoms with Crippen molar-refractivity contribution in [2.24, 2.45) is 5.73 Å². The average Bonchev–Trinajstić information content (AvgIpc) is 2.26. The van der Waals surface area contributed by atoms with Crippen LogP contribution in [0.3, 0.4) is 0 Å². The number of pyridine rings is 1. The topological polar surface area (TPSA) is 86.2 Å². The van der Waals surface area contributed by atoms with Crippen molar-refractivity contribution in [1.82, 2.24) is 4.98 Å². The lowest BCUT2D eigenvalue weighted by atomic mass is 9.93. The SMILES string of the molecule is Cc1cc(N2CCC(C)(O)CC2)c(C(=N)N)c(C)n1. The van der Waals surface area contributed by atoms with Crippen molar-refractivity contribution in [3.8, 4) is 0 Å². The van der Waals surface area contributed by atoms with Crippen LogP contribution in [0, 0.1) is 19.3 Å². The first-order valence-electron chi connectivity index (χ1n) is 6.60. The van der Waals surface area contributed by atoms with Crippen molar-refractivity contribution >= 4 is 11.5 Å². The lowest BCUT2D eigenvalue weighted by Gasteiger charge is -2.38. The normalized spacial score (nSPS) is 18.4. The van der Waals surface area contributed by atoms with E-state index < -0.39 is 5.60 Å².